The van der Waals surface area contributed by atoms with Gasteiger partial charge in [0.25, 0.3) is 0 Å². The lowest BCUT2D eigenvalue weighted by Crippen LogP contribution is -2.39. The molecule has 1 unspecified atom stereocenters. The van der Waals surface area contributed by atoms with Crippen LogP contribution in [0.15, 0.2) is 24.3 Å². The first-order valence-electron chi connectivity index (χ1n) is 7.41. The van der Waals surface area contributed by atoms with Gasteiger partial charge in [-0.2, -0.15) is 0 Å². The summed E-state index contributed by atoms with van der Waals surface area (Å²) in [7, 11) is 0. The van der Waals surface area contributed by atoms with E-state index in [9.17, 15) is 14.0 Å². The summed E-state index contributed by atoms with van der Waals surface area (Å²) < 4.78 is 19.2. The SMILES string of the molecule is CCCC(=O)N1C[C@H](F)CC1COc1ccc(C(=O)O)cc1. The molecule has 22 heavy (non-hydrogen) atoms. The number of benzene rings is 1. The summed E-state index contributed by atoms with van der Waals surface area (Å²) in [5.74, 6) is -0.536. The van der Waals surface area contributed by atoms with E-state index >= 15 is 0 Å². The van der Waals surface area contributed by atoms with Crippen molar-refractivity contribution in [3.63, 3.8) is 0 Å². The zero-order valence-corrected chi connectivity index (χ0v) is 12.5. The molecule has 1 saturated heterocycles. The molecule has 0 bridgehead atoms. The Morgan fingerprint density at radius 1 is 1.36 bits per heavy atom. The van der Waals surface area contributed by atoms with Gasteiger partial charge in [-0.3, -0.25) is 4.79 Å². The van der Waals surface area contributed by atoms with Crippen LogP contribution >= 0.6 is 0 Å². The Morgan fingerprint density at radius 2 is 2.05 bits per heavy atom. The minimum Gasteiger partial charge on any atom is -0.491 e. The number of amides is 1. The molecule has 1 aliphatic heterocycles. The Bertz CT molecular complexity index is 531. The van der Waals surface area contributed by atoms with E-state index in [1.165, 1.54) is 12.1 Å². The van der Waals surface area contributed by atoms with Gasteiger partial charge in [-0.15, -0.1) is 0 Å². The Labute approximate surface area is 128 Å². The fourth-order valence-electron chi connectivity index (χ4n) is 2.57. The number of nitrogens with zero attached hydrogens (tertiary/aromatic N) is 1. The fourth-order valence-corrected chi connectivity index (χ4v) is 2.57. The van der Waals surface area contributed by atoms with Crippen molar-refractivity contribution < 1.29 is 23.8 Å². The summed E-state index contributed by atoms with van der Waals surface area (Å²) in [5.41, 5.74) is 0.178. The highest BCUT2D eigenvalue weighted by atomic mass is 19.1. The van der Waals surface area contributed by atoms with Crippen LogP contribution in [-0.4, -0.2) is 47.2 Å². The third kappa shape index (κ3) is 3.96. The van der Waals surface area contributed by atoms with Crippen molar-refractivity contribution >= 4 is 11.9 Å². The molecule has 2 rings (SSSR count). The highest BCUT2D eigenvalue weighted by Crippen LogP contribution is 2.23. The average molecular weight is 309 g/mol. The van der Waals surface area contributed by atoms with E-state index in [1.54, 1.807) is 17.0 Å². The van der Waals surface area contributed by atoms with Gasteiger partial charge >= 0.3 is 5.97 Å². The lowest BCUT2D eigenvalue weighted by atomic mass is 10.2. The third-order valence-electron chi connectivity index (χ3n) is 3.69. The number of alkyl halides is 1. The van der Waals surface area contributed by atoms with Crippen molar-refractivity contribution in [3.8, 4) is 5.75 Å². The predicted octanol–water partition coefficient (Wildman–Crippen LogP) is 2.50. The first-order valence-corrected chi connectivity index (χ1v) is 7.41. The van der Waals surface area contributed by atoms with E-state index < -0.39 is 12.1 Å². The molecule has 2 atom stereocenters. The molecule has 1 heterocycles. The zero-order chi connectivity index (χ0) is 16.1. The quantitative estimate of drug-likeness (QED) is 0.877. The first-order chi connectivity index (χ1) is 10.5. The van der Waals surface area contributed by atoms with Crippen LogP contribution in [0.3, 0.4) is 0 Å². The van der Waals surface area contributed by atoms with Crippen LogP contribution in [-0.2, 0) is 4.79 Å². The molecule has 1 amide bonds. The first kappa shape index (κ1) is 16.3. The number of halogens is 1. The van der Waals surface area contributed by atoms with Gasteiger partial charge in [-0.25, -0.2) is 9.18 Å². The number of likely N-dealkylation sites (tertiary alicyclic amines) is 1. The van der Waals surface area contributed by atoms with Crippen LogP contribution < -0.4 is 4.74 Å². The van der Waals surface area contributed by atoms with Gasteiger partial charge in [0.05, 0.1) is 18.2 Å². The number of hydrogen-bond acceptors (Lipinski definition) is 3. The average Bonchev–Trinajstić information content (AvgIpc) is 2.87. The van der Waals surface area contributed by atoms with E-state index in [0.717, 1.165) is 6.42 Å². The van der Waals surface area contributed by atoms with Crippen molar-refractivity contribution in [3.05, 3.63) is 29.8 Å². The van der Waals surface area contributed by atoms with Crippen LogP contribution in [0.2, 0.25) is 0 Å². The van der Waals surface area contributed by atoms with Crippen LogP contribution in [0.4, 0.5) is 4.39 Å². The summed E-state index contributed by atoms with van der Waals surface area (Å²) in [4.78, 5) is 24.3. The van der Waals surface area contributed by atoms with Crippen molar-refractivity contribution in [2.24, 2.45) is 0 Å². The minimum atomic E-state index is -1.01. The topological polar surface area (TPSA) is 66.8 Å². The standard InChI is InChI=1S/C16H20FNO4/c1-2-3-15(19)18-9-12(17)8-13(18)10-22-14-6-4-11(5-7-14)16(20)21/h4-7,12-13H,2-3,8-10H2,1H3,(H,20,21)/t12-,13?/m1/s1. The minimum absolute atomic E-state index is 0.0440. The monoisotopic (exact) mass is 309 g/mol. The van der Waals surface area contributed by atoms with Crippen LogP contribution in [0.5, 0.6) is 5.75 Å². The van der Waals surface area contributed by atoms with Crippen LogP contribution in [0.25, 0.3) is 0 Å². The molecule has 1 aromatic rings. The van der Waals surface area contributed by atoms with E-state index in [2.05, 4.69) is 0 Å². The summed E-state index contributed by atoms with van der Waals surface area (Å²) in [6, 6.07) is 5.75. The number of aromatic carboxylic acids is 1. The molecule has 120 valence electrons. The third-order valence-corrected chi connectivity index (χ3v) is 3.69. The maximum atomic E-state index is 13.6. The molecule has 0 aliphatic carbocycles. The Kier molecular flexibility index (Phi) is 5.35. The van der Waals surface area contributed by atoms with Gasteiger partial charge in [0.1, 0.15) is 18.5 Å². The number of hydrogen-bond donors (Lipinski definition) is 1. The summed E-state index contributed by atoms with van der Waals surface area (Å²) >= 11 is 0. The van der Waals surface area contributed by atoms with E-state index in [0.29, 0.717) is 12.2 Å². The Hall–Kier alpha value is -2.11. The largest absolute Gasteiger partial charge is 0.491 e. The van der Waals surface area contributed by atoms with E-state index in [1.807, 2.05) is 6.92 Å². The van der Waals surface area contributed by atoms with Gasteiger partial charge in [0.2, 0.25) is 5.91 Å². The molecule has 0 radical (unpaired) electrons. The summed E-state index contributed by atoms with van der Waals surface area (Å²) in [6.45, 7) is 2.25. The molecule has 5 nitrogen and oxygen atoms in total. The summed E-state index contributed by atoms with van der Waals surface area (Å²) in [6.07, 6.45) is 0.416. The lowest BCUT2D eigenvalue weighted by Gasteiger charge is -2.24. The molecular weight excluding hydrogens is 289 g/mol. The molecule has 1 aliphatic rings. The van der Waals surface area contributed by atoms with Crippen LogP contribution in [0, 0.1) is 0 Å². The number of rotatable bonds is 6. The number of ether oxygens (including phenoxy) is 1. The highest BCUT2D eigenvalue weighted by molar-refractivity contribution is 5.87. The molecule has 0 spiro atoms. The fraction of sp³-hybridized carbons (Fsp3) is 0.500. The number of carboxylic acids is 1. The number of carbonyl (C=O) groups is 2. The highest BCUT2D eigenvalue weighted by Gasteiger charge is 2.35. The number of carboxylic acid groups (broad SMARTS) is 1. The molecule has 0 saturated carbocycles. The van der Waals surface area contributed by atoms with Gasteiger partial charge < -0.3 is 14.7 Å². The van der Waals surface area contributed by atoms with Crippen molar-refractivity contribution in [1.29, 1.82) is 0 Å². The van der Waals surface area contributed by atoms with Crippen molar-refractivity contribution in [2.45, 2.75) is 38.4 Å². The second kappa shape index (κ2) is 7.24. The molecule has 6 heteroatoms. The van der Waals surface area contributed by atoms with Gasteiger partial charge in [0.15, 0.2) is 0 Å². The van der Waals surface area contributed by atoms with Gasteiger partial charge in [0, 0.05) is 12.8 Å². The Balaban J connectivity index is 1.94. The van der Waals surface area contributed by atoms with Crippen molar-refractivity contribution in [1.82, 2.24) is 4.90 Å². The summed E-state index contributed by atoms with van der Waals surface area (Å²) in [5, 5.41) is 8.83. The number of carbonyl (C=O) groups excluding carboxylic acids is 1. The van der Waals surface area contributed by atoms with Crippen LogP contribution in [0.1, 0.15) is 36.5 Å². The molecular formula is C16H20FNO4. The van der Waals surface area contributed by atoms with Gasteiger partial charge in [-0.1, -0.05) is 6.92 Å². The maximum Gasteiger partial charge on any atom is 0.335 e. The smallest absolute Gasteiger partial charge is 0.335 e. The normalized spacial score (nSPS) is 20.9. The van der Waals surface area contributed by atoms with Crippen molar-refractivity contribution in [2.75, 3.05) is 13.2 Å². The second-order valence-electron chi connectivity index (χ2n) is 5.42. The molecule has 1 aromatic carbocycles. The molecule has 1 fully saturated rings. The Morgan fingerprint density at radius 3 is 2.64 bits per heavy atom. The van der Waals surface area contributed by atoms with E-state index in [-0.39, 0.29) is 37.1 Å². The second-order valence-corrected chi connectivity index (χ2v) is 5.42. The predicted molar refractivity (Wildman–Crippen MR) is 78.8 cm³/mol. The maximum absolute atomic E-state index is 13.6. The molecule has 0 aromatic heterocycles. The zero-order valence-electron chi connectivity index (χ0n) is 12.5. The van der Waals surface area contributed by atoms with Gasteiger partial charge in [-0.05, 0) is 30.7 Å². The molecule has 1 N–H and O–H groups in total. The van der Waals surface area contributed by atoms with E-state index in [4.69, 9.17) is 9.84 Å². The lowest BCUT2D eigenvalue weighted by molar-refractivity contribution is -0.132.